The summed E-state index contributed by atoms with van der Waals surface area (Å²) >= 11 is 0. The van der Waals surface area contributed by atoms with Crippen molar-refractivity contribution < 1.29 is 0 Å². The van der Waals surface area contributed by atoms with E-state index in [9.17, 15) is 0 Å². The van der Waals surface area contributed by atoms with Crippen molar-refractivity contribution in [1.82, 2.24) is 4.90 Å². The van der Waals surface area contributed by atoms with Crippen LogP contribution in [0.5, 0.6) is 0 Å². The van der Waals surface area contributed by atoms with Gasteiger partial charge in [0, 0.05) is 6.54 Å². The summed E-state index contributed by atoms with van der Waals surface area (Å²) in [5, 5.41) is 7.22. The fraction of sp³-hybridized carbons (Fsp3) is 0.889. The largest absolute Gasteiger partial charge is 0.387 e. The van der Waals surface area contributed by atoms with Gasteiger partial charge in [-0.3, -0.25) is 10.3 Å². The minimum atomic E-state index is 0.313. The molecule has 1 saturated carbocycles. The fourth-order valence-corrected chi connectivity index (χ4v) is 2.27. The van der Waals surface area contributed by atoms with Gasteiger partial charge < -0.3 is 5.73 Å². The summed E-state index contributed by atoms with van der Waals surface area (Å²) in [6.07, 6.45) is 5.51. The highest BCUT2D eigenvalue weighted by atomic mass is 15.2. The van der Waals surface area contributed by atoms with Crippen molar-refractivity contribution in [1.29, 1.82) is 5.41 Å². The number of hydrogen-bond acceptors (Lipinski definition) is 2. The van der Waals surface area contributed by atoms with Gasteiger partial charge in [-0.25, -0.2) is 0 Å². The number of hydrogen-bond donors (Lipinski definition) is 2. The zero-order chi connectivity index (χ0) is 8.60. The zero-order valence-electron chi connectivity index (χ0n) is 7.47. The first-order valence-electron chi connectivity index (χ1n) is 4.76. The maximum atomic E-state index is 7.22. The van der Waals surface area contributed by atoms with Gasteiger partial charge in [-0.1, -0.05) is 0 Å². The number of nitrogens with zero attached hydrogens (tertiary/aromatic N) is 1. The normalized spacial score (nSPS) is 27.3. The van der Waals surface area contributed by atoms with Crippen molar-refractivity contribution in [2.75, 3.05) is 19.6 Å². The number of piperidine rings is 1. The number of nitrogens with one attached hydrogen (secondary N) is 1. The van der Waals surface area contributed by atoms with E-state index in [-0.39, 0.29) is 0 Å². The SMILES string of the molecule is N=C(N)CN1CCCC2(CC2)C1. The number of nitrogens with two attached hydrogens (primary N) is 1. The third-order valence-electron chi connectivity index (χ3n) is 3.09. The molecule has 0 unspecified atom stereocenters. The molecule has 68 valence electrons. The molecule has 0 amide bonds. The predicted molar refractivity (Wildman–Crippen MR) is 49.3 cm³/mol. The molecular weight excluding hydrogens is 150 g/mol. The maximum absolute atomic E-state index is 7.22. The first-order valence-corrected chi connectivity index (χ1v) is 4.76. The summed E-state index contributed by atoms with van der Waals surface area (Å²) in [7, 11) is 0. The summed E-state index contributed by atoms with van der Waals surface area (Å²) in [6.45, 7) is 3.01. The van der Waals surface area contributed by atoms with E-state index in [0.29, 0.717) is 17.8 Å². The van der Waals surface area contributed by atoms with E-state index in [1.807, 2.05) is 0 Å². The number of rotatable bonds is 2. The van der Waals surface area contributed by atoms with Gasteiger partial charge in [-0.05, 0) is 37.6 Å². The van der Waals surface area contributed by atoms with Crippen molar-refractivity contribution >= 4 is 5.84 Å². The summed E-state index contributed by atoms with van der Waals surface area (Å²) in [5.41, 5.74) is 6.03. The summed E-state index contributed by atoms with van der Waals surface area (Å²) < 4.78 is 0. The Kier molecular flexibility index (Phi) is 1.83. The van der Waals surface area contributed by atoms with Crippen molar-refractivity contribution in [3.63, 3.8) is 0 Å². The Balaban J connectivity index is 1.86. The van der Waals surface area contributed by atoms with Crippen LogP contribution in [0, 0.1) is 10.8 Å². The minimum Gasteiger partial charge on any atom is -0.387 e. The third kappa shape index (κ3) is 1.61. The van der Waals surface area contributed by atoms with Crippen LogP contribution >= 0.6 is 0 Å². The zero-order valence-corrected chi connectivity index (χ0v) is 7.47. The van der Waals surface area contributed by atoms with Crippen LogP contribution in [0.15, 0.2) is 0 Å². The summed E-state index contributed by atoms with van der Waals surface area (Å²) in [6, 6.07) is 0. The van der Waals surface area contributed by atoms with Crippen LogP contribution in [0.1, 0.15) is 25.7 Å². The van der Waals surface area contributed by atoms with Crippen LogP contribution in [0.2, 0.25) is 0 Å². The first-order chi connectivity index (χ1) is 5.70. The van der Waals surface area contributed by atoms with E-state index < -0.39 is 0 Å². The molecule has 3 heteroatoms. The van der Waals surface area contributed by atoms with E-state index in [4.69, 9.17) is 11.1 Å². The van der Waals surface area contributed by atoms with Crippen LogP contribution in [-0.4, -0.2) is 30.4 Å². The van der Waals surface area contributed by atoms with Gasteiger partial charge in [-0.15, -0.1) is 0 Å². The Morgan fingerprint density at radius 1 is 1.42 bits per heavy atom. The lowest BCUT2D eigenvalue weighted by Crippen LogP contribution is -2.41. The molecule has 1 aliphatic carbocycles. The van der Waals surface area contributed by atoms with Crippen molar-refractivity contribution in [3.05, 3.63) is 0 Å². The Morgan fingerprint density at radius 3 is 2.75 bits per heavy atom. The molecule has 0 aromatic heterocycles. The lowest BCUT2D eigenvalue weighted by atomic mass is 9.95. The van der Waals surface area contributed by atoms with Crippen LogP contribution in [0.25, 0.3) is 0 Å². The lowest BCUT2D eigenvalue weighted by molar-refractivity contribution is 0.181. The molecule has 0 atom stereocenters. The number of likely N-dealkylation sites (tertiary alicyclic amines) is 1. The highest BCUT2D eigenvalue weighted by Gasteiger charge is 2.45. The Bertz CT molecular complexity index is 196. The maximum Gasteiger partial charge on any atom is 0.105 e. The molecule has 3 nitrogen and oxygen atoms in total. The van der Waals surface area contributed by atoms with Gasteiger partial charge in [0.1, 0.15) is 5.84 Å². The smallest absolute Gasteiger partial charge is 0.105 e. The number of amidine groups is 1. The standard InChI is InChI=1S/C9H17N3/c10-8(11)6-12-5-1-2-9(7-12)3-4-9/h1-7H2,(H3,10,11). The monoisotopic (exact) mass is 167 g/mol. The second-order valence-corrected chi connectivity index (χ2v) is 4.34. The molecule has 2 rings (SSSR count). The molecule has 0 aromatic rings. The molecule has 1 aliphatic heterocycles. The van der Waals surface area contributed by atoms with Gasteiger partial charge >= 0.3 is 0 Å². The van der Waals surface area contributed by atoms with Crippen molar-refractivity contribution in [2.45, 2.75) is 25.7 Å². The van der Waals surface area contributed by atoms with Gasteiger partial charge in [0.15, 0.2) is 0 Å². The average Bonchev–Trinajstić information content (AvgIpc) is 2.68. The third-order valence-corrected chi connectivity index (χ3v) is 3.09. The summed E-state index contributed by atoms with van der Waals surface area (Å²) in [5.74, 6) is 0.313. The first kappa shape index (κ1) is 8.05. The molecule has 1 saturated heterocycles. The molecule has 1 spiro atoms. The minimum absolute atomic E-state index is 0.313. The molecule has 0 aromatic carbocycles. The van der Waals surface area contributed by atoms with Crippen molar-refractivity contribution in [2.24, 2.45) is 11.1 Å². The Morgan fingerprint density at radius 2 is 2.17 bits per heavy atom. The van der Waals surface area contributed by atoms with Crippen LogP contribution in [0.3, 0.4) is 0 Å². The molecule has 0 bridgehead atoms. The van der Waals surface area contributed by atoms with Gasteiger partial charge in [0.05, 0.1) is 6.54 Å². The highest BCUT2D eigenvalue weighted by Crippen LogP contribution is 2.51. The van der Waals surface area contributed by atoms with E-state index in [0.717, 1.165) is 6.54 Å². The molecule has 2 fully saturated rings. The molecule has 12 heavy (non-hydrogen) atoms. The average molecular weight is 167 g/mol. The summed E-state index contributed by atoms with van der Waals surface area (Å²) in [4.78, 5) is 2.33. The fourth-order valence-electron chi connectivity index (χ4n) is 2.27. The predicted octanol–water partition coefficient (Wildman–Crippen LogP) is 0.798. The highest BCUT2D eigenvalue weighted by molar-refractivity contribution is 5.78. The van der Waals surface area contributed by atoms with Crippen LogP contribution < -0.4 is 5.73 Å². The lowest BCUT2D eigenvalue weighted by Gasteiger charge is -2.32. The van der Waals surface area contributed by atoms with Crippen LogP contribution in [-0.2, 0) is 0 Å². The molecule has 1 heterocycles. The topological polar surface area (TPSA) is 53.1 Å². The van der Waals surface area contributed by atoms with E-state index in [1.165, 1.54) is 32.2 Å². The van der Waals surface area contributed by atoms with E-state index in [1.54, 1.807) is 0 Å². The Labute approximate surface area is 73.4 Å². The molecule has 3 N–H and O–H groups in total. The second-order valence-electron chi connectivity index (χ2n) is 4.34. The molecule has 0 radical (unpaired) electrons. The Hall–Kier alpha value is -0.570. The van der Waals surface area contributed by atoms with Gasteiger partial charge in [-0.2, -0.15) is 0 Å². The van der Waals surface area contributed by atoms with Gasteiger partial charge in [0.25, 0.3) is 0 Å². The quantitative estimate of drug-likeness (QED) is 0.472. The molecule has 2 aliphatic rings. The van der Waals surface area contributed by atoms with E-state index in [2.05, 4.69) is 4.90 Å². The van der Waals surface area contributed by atoms with Crippen molar-refractivity contribution in [3.8, 4) is 0 Å². The second kappa shape index (κ2) is 2.73. The van der Waals surface area contributed by atoms with Gasteiger partial charge in [0.2, 0.25) is 0 Å². The van der Waals surface area contributed by atoms with Crippen LogP contribution in [0.4, 0.5) is 0 Å². The van der Waals surface area contributed by atoms with E-state index >= 15 is 0 Å². The molecular formula is C9H17N3.